The van der Waals surface area contributed by atoms with Gasteiger partial charge in [-0.25, -0.2) is 0 Å². The summed E-state index contributed by atoms with van der Waals surface area (Å²) in [5, 5.41) is 18.0. The van der Waals surface area contributed by atoms with Crippen LogP contribution in [0.25, 0.3) is 0 Å². The summed E-state index contributed by atoms with van der Waals surface area (Å²) in [6.45, 7) is 3.68. The highest BCUT2D eigenvalue weighted by atomic mass is 16.6. The fourth-order valence-electron chi connectivity index (χ4n) is 1.23. The van der Waals surface area contributed by atoms with Crippen molar-refractivity contribution in [2.45, 2.75) is 6.92 Å². The quantitative estimate of drug-likeness (QED) is 0.299. The average Bonchev–Trinajstić information content (AvgIpc) is 2.54. The summed E-state index contributed by atoms with van der Waals surface area (Å²) in [7, 11) is 1.61. The molecule has 0 fully saturated rings. The van der Waals surface area contributed by atoms with Gasteiger partial charge in [0.2, 0.25) is 0 Å². The molecular weight excluding hydrogens is 296 g/mol. The third-order valence-corrected chi connectivity index (χ3v) is 2.83. The van der Waals surface area contributed by atoms with Gasteiger partial charge in [0.05, 0.1) is 59.5 Å². The minimum Gasteiger partial charge on any atom is -0.463 e. The first-order valence-electron chi connectivity index (χ1n) is 7.22. The smallest absolute Gasteiger partial charge is 0.316 e. The topological polar surface area (TPSA) is 104 Å². The molecule has 0 heterocycles. The number of ether oxygens (including phenoxy) is 5. The summed E-state index contributed by atoms with van der Waals surface area (Å²) in [6.07, 6.45) is 0. The van der Waals surface area contributed by atoms with E-state index in [4.69, 9.17) is 33.9 Å². The molecule has 0 amide bonds. The van der Waals surface area contributed by atoms with Gasteiger partial charge in [-0.1, -0.05) is 0 Å². The second-order valence-corrected chi connectivity index (χ2v) is 4.84. The van der Waals surface area contributed by atoms with Gasteiger partial charge in [0.1, 0.15) is 12.0 Å². The molecule has 0 aliphatic heterocycles. The van der Waals surface area contributed by atoms with Crippen LogP contribution in [0.3, 0.4) is 0 Å². The Bertz CT molecular complexity index is 268. The summed E-state index contributed by atoms with van der Waals surface area (Å²) in [4.78, 5) is 11.6. The van der Waals surface area contributed by atoms with Gasteiger partial charge >= 0.3 is 5.97 Å². The van der Waals surface area contributed by atoms with Crippen LogP contribution in [0.5, 0.6) is 0 Å². The average molecular weight is 324 g/mol. The molecule has 8 heteroatoms. The van der Waals surface area contributed by atoms with Crippen LogP contribution in [0, 0.1) is 5.41 Å². The van der Waals surface area contributed by atoms with Crippen LogP contribution >= 0.6 is 0 Å². The predicted molar refractivity (Wildman–Crippen MR) is 77.6 cm³/mol. The molecule has 22 heavy (non-hydrogen) atoms. The Morgan fingerprint density at radius 1 is 0.818 bits per heavy atom. The van der Waals surface area contributed by atoms with Crippen LogP contribution in [-0.2, 0) is 28.5 Å². The van der Waals surface area contributed by atoms with Crippen LogP contribution in [0.1, 0.15) is 6.92 Å². The summed E-state index contributed by atoms with van der Waals surface area (Å²) in [5.41, 5.74) is -1.27. The van der Waals surface area contributed by atoms with Crippen LogP contribution < -0.4 is 0 Å². The summed E-state index contributed by atoms with van der Waals surface area (Å²) < 4.78 is 25.4. The van der Waals surface area contributed by atoms with Crippen molar-refractivity contribution in [3.05, 3.63) is 0 Å². The van der Waals surface area contributed by atoms with Crippen molar-refractivity contribution >= 4 is 5.97 Å². The molecule has 0 bridgehead atoms. The molecule has 8 nitrogen and oxygen atoms in total. The lowest BCUT2D eigenvalue weighted by Crippen LogP contribution is -2.37. The van der Waals surface area contributed by atoms with E-state index in [2.05, 4.69) is 0 Å². The van der Waals surface area contributed by atoms with Gasteiger partial charge in [-0.2, -0.15) is 0 Å². The zero-order chi connectivity index (χ0) is 16.7. The number of hydrogen-bond acceptors (Lipinski definition) is 8. The molecule has 0 saturated carbocycles. The van der Waals surface area contributed by atoms with Gasteiger partial charge < -0.3 is 33.9 Å². The van der Waals surface area contributed by atoms with Gasteiger partial charge in [-0.05, 0) is 6.92 Å². The van der Waals surface area contributed by atoms with E-state index in [0.717, 1.165) is 0 Å². The van der Waals surface area contributed by atoms with Gasteiger partial charge in [0.25, 0.3) is 0 Å². The number of aliphatic hydroxyl groups excluding tert-OH is 2. The van der Waals surface area contributed by atoms with E-state index >= 15 is 0 Å². The van der Waals surface area contributed by atoms with Crippen molar-refractivity contribution in [1.29, 1.82) is 0 Å². The van der Waals surface area contributed by atoms with Crippen LogP contribution in [0.2, 0.25) is 0 Å². The zero-order valence-electron chi connectivity index (χ0n) is 13.4. The second-order valence-electron chi connectivity index (χ2n) is 4.84. The number of methoxy groups -OCH3 is 1. The Balaban J connectivity index is 3.35. The molecule has 0 aliphatic carbocycles. The highest BCUT2D eigenvalue weighted by Crippen LogP contribution is 2.16. The van der Waals surface area contributed by atoms with E-state index < -0.39 is 24.6 Å². The van der Waals surface area contributed by atoms with Crippen molar-refractivity contribution in [2.24, 2.45) is 5.41 Å². The summed E-state index contributed by atoms with van der Waals surface area (Å²) in [6, 6.07) is 0. The van der Waals surface area contributed by atoms with Crippen molar-refractivity contribution < 1.29 is 38.7 Å². The molecule has 0 rings (SSSR count). The van der Waals surface area contributed by atoms with Crippen LogP contribution in [-0.4, -0.2) is 89.4 Å². The molecule has 0 aromatic heterocycles. The van der Waals surface area contributed by atoms with E-state index in [1.54, 1.807) is 7.11 Å². The SMILES string of the molecule is COCCOCCOCCOCCOC(=O)C(C)(CO)CO. The minimum absolute atomic E-state index is 0.0640. The largest absolute Gasteiger partial charge is 0.463 e. The van der Waals surface area contributed by atoms with E-state index in [9.17, 15) is 4.79 Å². The lowest BCUT2D eigenvalue weighted by molar-refractivity contribution is -0.161. The Kier molecular flexibility index (Phi) is 13.4. The standard InChI is InChI=1S/C14H28O8/c1-14(11-15,12-16)13(17)22-10-9-21-8-7-20-6-5-19-4-3-18-2/h15-16H,3-12H2,1-2H3. The molecule has 132 valence electrons. The molecule has 0 spiro atoms. The van der Waals surface area contributed by atoms with Crippen LogP contribution in [0.15, 0.2) is 0 Å². The van der Waals surface area contributed by atoms with Gasteiger partial charge in [0.15, 0.2) is 0 Å². The maximum absolute atomic E-state index is 11.6. The fourth-order valence-corrected chi connectivity index (χ4v) is 1.23. The first-order valence-corrected chi connectivity index (χ1v) is 7.22. The second kappa shape index (κ2) is 13.9. The van der Waals surface area contributed by atoms with Crippen LogP contribution in [0.4, 0.5) is 0 Å². The Labute approximate surface area is 131 Å². The first-order chi connectivity index (χ1) is 10.6. The molecule has 0 saturated heterocycles. The Morgan fingerprint density at radius 2 is 1.23 bits per heavy atom. The zero-order valence-corrected chi connectivity index (χ0v) is 13.4. The van der Waals surface area contributed by atoms with E-state index in [1.165, 1.54) is 6.92 Å². The molecule has 0 unspecified atom stereocenters. The normalized spacial score (nSPS) is 11.6. The van der Waals surface area contributed by atoms with Crippen molar-refractivity contribution in [3.63, 3.8) is 0 Å². The minimum atomic E-state index is -1.27. The summed E-state index contributed by atoms with van der Waals surface area (Å²) in [5.74, 6) is -0.648. The maximum Gasteiger partial charge on any atom is 0.316 e. The highest BCUT2D eigenvalue weighted by molar-refractivity contribution is 5.76. The highest BCUT2D eigenvalue weighted by Gasteiger charge is 2.33. The van der Waals surface area contributed by atoms with Crippen molar-refractivity contribution in [2.75, 3.05) is 73.2 Å². The number of rotatable bonds is 15. The number of esters is 1. The molecule has 0 radical (unpaired) electrons. The number of carbonyl (C=O) groups is 1. The van der Waals surface area contributed by atoms with Gasteiger partial charge in [-0.3, -0.25) is 4.79 Å². The van der Waals surface area contributed by atoms with Gasteiger partial charge in [0, 0.05) is 7.11 Å². The van der Waals surface area contributed by atoms with Crippen molar-refractivity contribution in [1.82, 2.24) is 0 Å². The molecule has 0 aromatic carbocycles. The van der Waals surface area contributed by atoms with E-state index in [0.29, 0.717) is 39.6 Å². The maximum atomic E-state index is 11.6. The lowest BCUT2D eigenvalue weighted by atomic mass is 9.93. The molecule has 2 N–H and O–H groups in total. The molecule has 0 aromatic rings. The molecular formula is C14H28O8. The third-order valence-electron chi connectivity index (χ3n) is 2.83. The predicted octanol–water partition coefficient (Wildman–Crippen LogP) is -0.783. The summed E-state index contributed by atoms with van der Waals surface area (Å²) >= 11 is 0. The van der Waals surface area contributed by atoms with Gasteiger partial charge in [-0.15, -0.1) is 0 Å². The number of carbonyl (C=O) groups excluding carboxylic acids is 1. The lowest BCUT2D eigenvalue weighted by Gasteiger charge is -2.22. The Hall–Kier alpha value is -0.770. The van der Waals surface area contributed by atoms with Crippen molar-refractivity contribution in [3.8, 4) is 0 Å². The number of hydrogen-bond donors (Lipinski definition) is 2. The monoisotopic (exact) mass is 324 g/mol. The molecule has 0 atom stereocenters. The first kappa shape index (κ1) is 21.2. The van der Waals surface area contributed by atoms with E-state index in [1.807, 2.05) is 0 Å². The molecule has 0 aliphatic rings. The fraction of sp³-hybridized carbons (Fsp3) is 0.929. The Morgan fingerprint density at radius 3 is 1.64 bits per heavy atom. The number of aliphatic hydroxyl groups is 2. The third kappa shape index (κ3) is 10.0. The van der Waals surface area contributed by atoms with E-state index in [-0.39, 0.29) is 13.2 Å².